The molecule has 2 aromatic rings. The molecule has 2 rings (SSSR count). The number of methoxy groups -OCH3 is 1. The molecule has 3 nitrogen and oxygen atoms in total. The van der Waals surface area contributed by atoms with Gasteiger partial charge in [-0.3, -0.25) is 0 Å². The number of hydrogen-bond donors (Lipinski definition) is 1. The highest BCUT2D eigenvalue weighted by atomic mass is 79.9. The lowest BCUT2D eigenvalue weighted by Crippen LogP contribution is -2.16. The van der Waals surface area contributed by atoms with Gasteiger partial charge in [0, 0.05) is 23.2 Å². The van der Waals surface area contributed by atoms with Gasteiger partial charge in [0.05, 0.1) is 12.8 Å². The van der Waals surface area contributed by atoms with Crippen molar-refractivity contribution in [3.8, 4) is 5.75 Å². The molecule has 0 spiro atoms. The number of nitrogens with zero attached hydrogens (tertiary/aromatic N) is 1. The number of hydrogen-bond acceptors (Lipinski definition) is 3. The summed E-state index contributed by atoms with van der Waals surface area (Å²) in [7, 11) is 3.70. The first-order valence-electron chi connectivity index (χ1n) is 6.46. The third kappa shape index (κ3) is 2.97. The van der Waals surface area contributed by atoms with Gasteiger partial charge in [-0.15, -0.1) is 0 Å². The normalized spacial score (nSPS) is 12.1. The lowest BCUT2D eigenvalue weighted by molar-refractivity contribution is 0.415. The SMILES string of the molecule is COc1ccccc1N(C)c1ccc(Br)cc1C(C)N. The van der Waals surface area contributed by atoms with E-state index in [1.54, 1.807) is 7.11 Å². The zero-order valence-electron chi connectivity index (χ0n) is 11.9. The third-order valence-corrected chi connectivity index (χ3v) is 3.78. The van der Waals surface area contributed by atoms with Crippen LogP contribution in [0, 0.1) is 0 Å². The van der Waals surface area contributed by atoms with Crippen molar-refractivity contribution in [2.75, 3.05) is 19.1 Å². The third-order valence-electron chi connectivity index (χ3n) is 3.29. The van der Waals surface area contributed by atoms with Crippen LogP contribution in [0.2, 0.25) is 0 Å². The minimum Gasteiger partial charge on any atom is -0.495 e. The van der Waals surface area contributed by atoms with E-state index in [4.69, 9.17) is 10.5 Å². The van der Waals surface area contributed by atoms with E-state index in [0.717, 1.165) is 27.2 Å². The summed E-state index contributed by atoms with van der Waals surface area (Å²) in [5, 5.41) is 0. The van der Waals surface area contributed by atoms with Gasteiger partial charge in [0.15, 0.2) is 0 Å². The van der Waals surface area contributed by atoms with E-state index in [-0.39, 0.29) is 6.04 Å². The second kappa shape index (κ2) is 6.29. The summed E-state index contributed by atoms with van der Waals surface area (Å²) in [4.78, 5) is 2.10. The van der Waals surface area contributed by atoms with Crippen molar-refractivity contribution >= 4 is 27.3 Å². The lowest BCUT2D eigenvalue weighted by Gasteiger charge is -2.25. The van der Waals surface area contributed by atoms with Crippen LogP contribution in [-0.2, 0) is 0 Å². The lowest BCUT2D eigenvalue weighted by atomic mass is 10.1. The van der Waals surface area contributed by atoms with Crippen molar-refractivity contribution in [2.45, 2.75) is 13.0 Å². The summed E-state index contributed by atoms with van der Waals surface area (Å²) in [6, 6.07) is 14.1. The molecule has 0 radical (unpaired) electrons. The molecule has 1 unspecified atom stereocenters. The molecule has 0 aliphatic heterocycles. The van der Waals surface area contributed by atoms with Gasteiger partial charge in [-0.1, -0.05) is 28.1 Å². The van der Waals surface area contributed by atoms with E-state index >= 15 is 0 Å². The molecule has 4 heteroatoms. The quantitative estimate of drug-likeness (QED) is 0.908. The summed E-state index contributed by atoms with van der Waals surface area (Å²) in [6.45, 7) is 1.99. The largest absolute Gasteiger partial charge is 0.495 e. The predicted molar refractivity (Wildman–Crippen MR) is 87.8 cm³/mol. The van der Waals surface area contributed by atoms with Gasteiger partial charge in [0.25, 0.3) is 0 Å². The number of para-hydroxylation sites is 2. The summed E-state index contributed by atoms with van der Waals surface area (Å²) in [5.74, 6) is 0.841. The Morgan fingerprint density at radius 3 is 2.50 bits per heavy atom. The minimum absolute atomic E-state index is 0.0420. The second-order valence-corrected chi connectivity index (χ2v) is 5.64. The van der Waals surface area contributed by atoms with Crippen LogP contribution in [0.1, 0.15) is 18.5 Å². The molecular formula is C16H19BrN2O. The highest BCUT2D eigenvalue weighted by Crippen LogP contribution is 2.36. The number of ether oxygens (including phenoxy) is 1. The fraction of sp³-hybridized carbons (Fsp3) is 0.250. The molecule has 0 saturated heterocycles. The van der Waals surface area contributed by atoms with Gasteiger partial charge in [0.2, 0.25) is 0 Å². The standard InChI is InChI=1S/C16H19BrN2O/c1-11(18)13-10-12(17)8-9-14(13)19(2)15-6-4-5-7-16(15)20-3/h4-11H,18H2,1-3H3. The van der Waals surface area contributed by atoms with Crippen molar-refractivity contribution < 1.29 is 4.74 Å². The maximum absolute atomic E-state index is 6.09. The van der Waals surface area contributed by atoms with E-state index in [9.17, 15) is 0 Å². The molecule has 0 fully saturated rings. The van der Waals surface area contributed by atoms with Crippen LogP contribution in [-0.4, -0.2) is 14.2 Å². The molecule has 2 N–H and O–H groups in total. The van der Waals surface area contributed by atoms with Crippen molar-refractivity contribution in [3.05, 3.63) is 52.5 Å². The van der Waals surface area contributed by atoms with Crippen LogP contribution in [0.5, 0.6) is 5.75 Å². The summed E-state index contributed by atoms with van der Waals surface area (Å²) in [5.41, 5.74) is 9.27. The molecule has 0 aliphatic rings. The zero-order chi connectivity index (χ0) is 14.7. The maximum Gasteiger partial charge on any atom is 0.142 e. The van der Waals surface area contributed by atoms with Crippen molar-refractivity contribution in [3.63, 3.8) is 0 Å². The van der Waals surface area contributed by atoms with Gasteiger partial charge in [-0.2, -0.15) is 0 Å². The Labute approximate surface area is 128 Å². The fourth-order valence-electron chi connectivity index (χ4n) is 2.23. The Balaban J connectivity index is 2.50. The minimum atomic E-state index is -0.0420. The first kappa shape index (κ1) is 14.9. The van der Waals surface area contributed by atoms with Crippen LogP contribution in [0.4, 0.5) is 11.4 Å². The van der Waals surface area contributed by atoms with E-state index in [0.29, 0.717) is 0 Å². The van der Waals surface area contributed by atoms with Gasteiger partial charge in [0.1, 0.15) is 5.75 Å². The number of anilines is 2. The summed E-state index contributed by atoms with van der Waals surface area (Å²) in [6.07, 6.45) is 0. The molecule has 0 amide bonds. The fourth-order valence-corrected chi connectivity index (χ4v) is 2.61. The Morgan fingerprint density at radius 2 is 1.85 bits per heavy atom. The zero-order valence-corrected chi connectivity index (χ0v) is 13.5. The van der Waals surface area contributed by atoms with E-state index < -0.39 is 0 Å². The second-order valence-electron chi connectivity index (χ2n) is 4.72. The van der Waals surface area contributed by atoms with Gasteiger partial charge >= 0.3 is 0 Å². The number of nitrogens with two attached hydrogens (primary N) is 1. The van der Waals surface area contributed by atoms with Crippen molar-refractivity contribution in [1.82, 2.24) is 0 Å². The van der Waals surface area contributed by atoms with Crippen LogP contribution in [0.25, 0.3) is 0 Å². The van der Waals surface area contributed by atoms with Gasteiger partial charge in [-0.25, -0.2) is 0 Å². The number of benzene rings is 2. The van der Waals surface area contributed by atoms with Gasteiger partial charge in [-0.05, 0) is 42.8 Å². The molecule has 1 atom stereocenters. The Hall–Kier alpha value is -1.52. The number of halogens is 1. The number of rotatable bonds is 4. The molecular weight excluding hydrogens is 316 g/mol. The van der Waals surface area contributed by atoms with E-state index in [1.165, 1.54) is 0 Å². The Bertz CT molecular complexity index is 599. The molecule has 0 bridgehead atoms. The summed E-state index contributed by atoms with van der Waals surface area (Å²) < 4.78 is 6.46. The van der Waals surface area contributed by atoms with Crippen LogP contribution in [0.3, 0.4) is 0 Å². The highest BCUT2D eigenvalue weighted by Gasteiger charge is 2.15. The molecule has 20 heavy (non-hydrogen) atoms. The first-order chi connectivity index (χ1) is 9.54. The summed E-state index contributed by atoms with van der Waals surface area (Å²) >= 11 is 3.50. The van der Waals surface area contributed by atoms with E-state index in [1.807, 2.05) is 44.3 Å². The monoisotopic (exact) mass is 334 g/mol. The van der Waals surface area contributed by atoms with Crippen molar-refractivity contribution in [2.24, 2.45) is 5.73 Å². The van der Waals surface area contributed by atoms with Crippen LogP contribution < -0.4 is 15.4 Å². The van der Waals surface area contributed by atoms with Crippen LogP contribution >= 0.6 is 15.9 Å². The molecule has 0 heterocycles. The first-order valence-corrected chi connectivity index (χ1v) is 7.25. The van der Waals surface area contributed by atoms with Gasteiger partial charge < -0.3 is 15.4 Å². The highest BCUT2D eigenvalue weighted by molar-refractivity contribution is 9.10. The predicted octanol–water partition coefficient (Wildman–Crippen LogP) is 4.25. The van der Waals surface area contributed by atoms with Crippen molar-refractivity contribution in [1.29, 1.82) is 0 Å². The molecule has 0 aromatic heterocycles. The average Bonchev–Trinajstić information content (AvgIpc) is 2.46. The Kier molecular flexibility index (Phi) is 4.68. The smallest absolute Gasteiger partial charge is 0.142 e. The average molecular weight is 335 g/mol. The van der Waals surface area contributed by atoms with Crippen LogP contribution in [0.15, 0.2) is 46.9 Å². The Morgan fingerprint density at radius 1 is 1.15 bits per heavy atom. The maximum atomic E-state index is 6.09. The molecule has 0 aliphatic carbocycles. The topological polar surface area (TPSA) is 38.5 Å². The molecule has 2 aromatic carbocycles. The molecule has 0 saturated carbocycles. The molecule has 106 valence electrons. The van der Waals surface area contributed by atoms with E-state index in [2.05, 4.69) is 33.0 Å².